The zero-order valence-electron chi connectivity index (χ0n) is 7.44. The van der Waals surface area contributed by atoms with Gasteiger partial charge >= 0.3 is 12.1 Å². The molecule has 0 aromatic carbocycles. The van der Waals surface area contributed by atoms with Gasteiger partial charge in [-0.05, 0) is 13.3 Å². The molecule has 0 aliphatic rings. The van der Waals surface area contributed by atoms with Crippen LogP contribution in [0.4, 0.5) is 13.2 Å². The van der Waals surface area contributed by atoms with E-state index in [2.05, 4.69) is 4.74 Å². The molecule has 3 nitrogen and oxygen atoms in total. The molecule has 0 radical (unpaired) electrons. The Hall–Kier alpha value is -0.780. The fourth-order valence-corrected chi connectivity index (χ4v) is 0.720. The molecule has 0 aliphatic heterocycles. The summed E-state index contributed by atoms with van der Waals surface area (Å²) in [6.07, 6.45) is -5.30. The molecule has 0 saturated heterocycles. The van der Waals surface area contributed by atoms with Crippen LogP contribution in [0.5, 0.6) is 0 Å². The molecule has 0 amide bonds. The summed E-state index contributed by atoms with van der Waals surface area (Å²) in [5.74, 6) is -1.43. The van der Waals surface area contributed by atoms with E-state index in [0.717, 1.165) is 0 Å². The molecule has 0 bridgehead atoms. The van der Waals surface area contributed by atoms with Gasteiger partial charge in [0.15, 0.2) is 0 Å². The Morgan fingerprint density at radius 2 is 1.85 bits per heavy atom. The molecule has 13 heavy (non-hydrogen) atoms. The number of hydrogen-bond donors (Lipinski definition) is 1. The molecule has 0 heterocycles. The number of hydrogen-bond acceptors (Lipinski definition) is 3. The predicted octanol–water partition coefficient (Wildman–Crippen LogP) is 1.22. The lowest BCUT2D eigenvalue weighted by Gasteiger charge is -2.27. The lowest BCUT2D eigenvalue weighted by Crippen LogP contribution is -2.59. The standard InChI is InChI=1S/C7H12F3NO2/c1-3-6(11,7(8,9)10)5(12)13-4-2/h3-4,11H2,1-2H3/t6-/m1/s1. The van der Waals surface area contributed by atoms with E-state index >= 15 is 0 Å². The Balaban J connectivity index is 4.73. The first kappa shape index (κ1) is 12.2. The van der Waals surface area contributed by atoms with Crippen molar-refractivity contribution in [1.82, 2.24) is 0 Å². The minimum atomic E-state index is -4.77. The first-order valence-corrected chi connectivity index (χ1v) is 3.82. The topological polar surface area (TPSA) is 52.3 Å². The van der Waals surface area contributed by atoms with Crippen LogP contribution in [0.15, 0.2) is 0 Å². The number of alkyl halides is 3. The maximum atomic E-state index is 12.3. The van der Waals surface area contributed by atoms with Crippen LogP contribution in [0.2, 0.25) is 0 Å². The van der Waals surface area contributed by atoms with E-state index in [1.807, 2.05) is 0 Å². The highest BCUT2D eigenvalue weighted by Gasteiger charge is 2.57. The van der Waals surface area contributed by atoms with E-state index < -0.39 is 24.1 Å². The van der Waals surface area contributed by atoms with Crippen LogP contribution < -0.4 is 5.73 Å². The average Bonchev–Trinajstić information content (AvgIpc) is 2.01. The summed E-state index contributed by atoms with van der Waals surface area (Å²) in [6.45, 7) is 2.49. The number of ether oxygens (including phenoxy) is 1. The summed E-state index contributed by atoms with van der Waals surface area (Å²) < 4.78 is 41.0. The Bertz CT molecular complexity index is 193. The largest absolute Gasteiger partial charge is 0.464 e. The predicted molar refractivity (Wildman–Crippen MR) is 39.9 cm³/mol. The Labute approximate surface area is 74.0 Å². The molecular weight excluding hydrogens is 187 g/mol. The van der Waals surface area contributed by atoms with E-state index in [-0.39, 0.29) is 6.61 Å². The Morgan fingerprint density at radius 3 is 2.08 bits per heavy atom. The first-order chi connectivity index (χ1) is 5.79. The van der Waals surface area contributed by atoms with Crippen molar-refractivity contribution in [3.05, 3.63) is 0 Å². The number of rotatable bonds is 3. The second-order valence-electron chi connectivity index (χ2n) is 2.54. The van der Waals surface area contributed by atoms with Crippen molar-refractivity contribution in [3.63, 3.8) is 0 Å². The maximum Gasteiger partial charge on any atom is 0.417 e. The molecule has 78 valence electrons. The number of halogens is 3. The highest BCUT2D eigenvalue weighted by Crippen LogP contribution is 2.31. The molecule has 0 rings (SSSR count). The molecule has 2 N–H and O–H groups in total. The fraction of sp³-hybridized carbons (Fsp3) is 0.857. The van der Waals surface area contributed by atoms with Crippen LogP contribution in [0.25, 0.3) is 0 Å². The zero-order chi connectivity index (χ0) is 10.7. The van der Waals surface area contributed by atoms with Gasteiger partial charge in [-0.3, -0.25) is 0 Å². The molecular formula is C7H12F3NO2. The quantitative estimate of drug-likeness (QED) is 0.695. The van der Waals surface area contributed by atoms with Gasteiger partial charge in [0.05, 0.1) is 6.61 Å². The van der Waals surface area contributed by atoms with Gasteiger partial charge in [0.1, 0.15) is 0 Å². The highest BCUT2D eigenvalue weighted by atomic mass is 19.4. The highest BCUT2D eigenvalue weighted by molar-refractivity contribution is 5.81. The Kier molecular flexibility index (Phi) is 3.71. The molecule has 0 aliphatic carbocycles. The van der Waals surface area contributed by atoms with Crippen LogP contribution >= 0.6 is 0 Å². The average molecular weight is 199 g/mol. The van der Waals surface area contributed by atoms with E-state index in [0.29, 0.717) is 0 Å². The fourth-order valence-electron chi connectivity index (χ4n) is 0.720. The number of carbonyl (C=O) groups is 1. The third-order valence-corrected chi connectivity index (χ3v) is 1.70. The second-order valence-corrected chi connectivity index (χ2v) is 2.54. The number of esters is 1. The van der Waals surface area contributed by atoms with Crippen molar-refractivity contribution in [3.8, 4) is 0 Å². The van der Waals surface area contributed by atoms with E-state index in [4.69, 9.17) is 5.73 Å². The third kappa shape index (κ3) is 2.33. The molecule has 0 aromatic heterocycles. The van der Waals surface area contributed by atoms with Crippen LogP contribution in [-0.2, 0) is 9.53 Å². The van der Waals surface area contributed by atoms with Gasteiger partial charge in [-0.25, -0.2) is 4.79 Å². The summed E-state index contributed by atoms with van der Waals surface area (Å²) in [7, 11) is 0. The molecule has 0 spiro atoms. The summed E-state index contributed by atoms with van der Waals surface area (Å²) >= 11 is 0. The van der Waals surface area contributed by atoms with Gasteiger partial charge in [0.2, 0.25) is 5.54 Å². The lowest BCUT2D eigenvalue weighted by atomic mass is 9.97. The summed E-state index contributed by atoms with van der Waals surface area (Å²) in [5, 5.41) is 0. The summed E-state index contributed by atoms with van der Waals surface area (Å²) in [6, 6.07) is 0. The van der Waals surface area contributed by atoms with Gasteiger partial charge in [0, 0.05) is 0 Å². The molecule has 1 atom stereocenters. The van der Waals surface area contributed by atoms with Gasteiger partial charge in [-0.2, -0.15) is 13.2 Å². The van der Waals surface area contributed by atoms with Gasteiger partial charge in [-0.15, -0.1) is 0 Å². The normalized spacial score (nSPS) is 16.5. The van der Waals surface area contributed by atoms with Gasteiger partial charge in [-0.1, -0.05) is 6.92 Å². The summed E-state index contributed by atoms with van der Waals surface area (Å²) in [4.78, 5) is 10.9. The lowest BCUT2D eigenvalue weighted by molar-refractivity contribution is -0.206. The van der Waals surface area contributed by atoms with Crippen molar-refractivity contribution in [1.29, 1.82) is 0 Å². The van der Waals surface area contributed by atoms with Crippen molar-refractivity contribution >= 4 is 5.97 Å². The minimum Gasteiger partial charge on any atom is -0.464 e. The van der Waals surface area contributed by atoms with Crippen LogP contribution in [0.3, 0.4) is 0 Å². The second kappa shape index (κ2) is 3.95. The smallest absolute Gasteiger partial charge is 0.417 e. The van der Waals surface area contributed by atoms with Gasteiger partial charge < -0.3 is 10.5 Å². The van der Waals surface area contributed by atoms with E-state index in [1.165, 1.54) is 13.8 Å². The zero-order valence-corrected chi connectivity index (χ0v) is 7.44. The van der Waals surface area contributed by atoms with Crippen LogP contribution in [0, 0.1) is 0 Å². The molecule has 0 unspecified atom stereocenters. The number of nitrogens with two attached hydrogens (primary N) is 1. The third-order valence-electron chi connectivity index (χ3n) is 1.70. The first-order valence-electron chi connectivity index (χ1n) is 3.82. The molecule has 0 fully saturated rings. The molecule has 0 aromatic rings. The van der Waals surface area contributed by atoms with E-state index in [1.54, 1.807) is 0 Å². The number of carbonyl (C=O) groups excluding carboxylic acids is 1. The van der Waals surface area contributed by atoms with Crippen molar-refractivity contribution in [2.24, 2.45) is 5.73 Å². The van der Waals surface area contributed by atoms with Crippen molar-refractivity contribution < 1.29 is 22.7 Å². The summed E-state index contributed by atoms with van der Waals surface area (Å²) in [5.41, 5.74) is 2.03. The molecule has 6 heteroatoms. The SMILES string of the molecule is CCOC(=O)[C@](N)(CC)C(F)(F)F. The van der Waals surface area contributed by atoms with Crippen LogP contribution in [0.1, 0.15) is 20.3 Å². The maximum absolute atomic E-state index is 12.3. The van der Waals surface area contributed by atoms with Crippen molar-refractivity contribution in [2.45, 2.75) is 32.0 Å². The van der Waals surface area contributed by atoms with Crippen molar-refractivity contribution in [2.75, 3.05) is 6.61 Å². The monoisotopic (exact) mass is 199 g/mol. The minimum absolute atomic E-state index is 0.117. The van der Waals surface area contributed by atoms with E-state index in [9.17, 15) is 18.0 Å². The van der Waals surface area contributed by atoms with Crippen LogP contribution in [-0.4, -0.2) is 24.3 Å². The van der Waals surface area contributed by atoms with Gasteiger partial charge in [0.25, 0.3) is 0 Å². The Morgan fingerprint density at radius 1 is 1.38 bits per heavy atom. The molecule has 0 saturated carbocycles.